The maximum absolute atomic E-state index is 11.7. The Labute approximate surface area is 86.2 Å². The van der Waals surface area contributed by atoms with Crippen LogP contribution in [0.2, 0.25) is 5.02 Å². The molecule has 0 bridgehead atoms. The van der Waals surface area contributed by atoms with Crippen LogP contribution in [-0.2, 0) is 4.74 Å². The first kappa shape index (κ1) is 9.48. The van der Waals surface area contributed by atoms with Gasteiger partial charge in [-0.15, -0.1) is 0 Å². The first-order valence-corrected chi connectivity index (χ1v) is 4.72. The van der Waals surface area contributed by atoms with E-state index in [4.69, 9.17) is 16.3 Å². The first-order chi connectivity index (χ1) is 6.77. The summed E-state index contributed by atoms with van der Waals surface area (Å²) >= 11 is 5.66. The van der Waals surface area contributed by atoms with Crippen LogP contribution < -0.4 is 0 Å². The Morgan fingerprint density at radius 3 is 2.79 bits per heavy atom. The average molecular weight is 216 g/mol. The molecule has 14 heavy (non-hydrogen) atoms. The van der Waals surface area contributed by atoms with Crippen LogP contribution in [0.4, 0.5) is 4.79 Å². The number of amides is 1. The van der Waals surface area contributed by atoms with Gasteiger partial charge < -0.3 is 9.64 Å². The van der Waals surface area contributed by atoms with Crippen LogP contribution in [-0.4, -0.2) is 47.0 Å². The van der Waals surface area contributed by atoms with E-state index in [0.717, 1.165) is 0 Å². The second-order valence-electron chi connectivity index (χ2n) is 2.99. The molecule has 6 heteroatoms. The topological polar surface area (TPSA) is 47.4 Å². The second-order valence-corrected chi connectivity index (χ2v) is 3.42. The van der Waals surface area contributed by atoms with E-state index >= 15 is 0 Å². The molecule has 1 aromatic heterocycles. The van der Waals surface area contributed by atoms with Crippen molar-refractivity contribution >= 4 is 17.6 Å². The molecule has 2 heterocycles. The molecule has 76 valence electrons. The molecule has 0 N–H and O–H groups in total. The smallest absolute Gasteiger partial charge is 0.344 e. The highest BCUT2D eigenvalue weighted by Gasteiger charge is 2.18. The molecule has 0 radical (unpaired) electrons. The van der Waals surface area contributed by atoms with Crippen LogP contribution in [0.1, 0.15) is 0 Å². The van der Waals surface area contributed by atoms with E-state index < -0.39 is 0 Å². The Balaban J connectivity index is 2.07. The van der Waals surface area contributed by atoms with E-state index in [1.165, 1.54) is 17.1 Å². The minimum Gasteiger partial charge on any atom is -0.378 e. The Morgan fingerprint density at radius 2 is 2.21 bits per heavy atom. The Kier molecular flexibility index (Phi) is 2.69. The number of aromatic nitrogens is 2. The van der Waals surface area contributed by atoms with Crippen LogP contribution in [0.5, 0.6) is 0 Å². The highest BCUT2D eigenvalue weighted by molar-refractivity contribution is 6.30. The molecule has 1 saturated heterocycles. The van der Waals surface area contributed by atoms with Crippen LogP contribution in [0.3, 0.4) is 0 Å². The minimum atomic E-state index is -0.153. The molecular weight excluding hydrogens is 206 g/mol. The second kappa shape index (κ2) is 3.98. The number of halogens is 1. The lowest BCUT2D eigenvalue weighted by atomic mass is 10.4. The van der Waals surface area contributed by atoms with Crippen molar-refractivity contribution in [1.29, 1.82) is 0 Å². The summed E-state index contributed by atoms with van der Waals surface area (Å²) in [6.07, 6.45) is 2.94. The lowest BCUT2D eigenvalue weighted by Gasteiger charge is -2.26. The van der Waals surface area contributed by atoms with E-state index in [9.17, 15) is 4.79 Å². The van der Waals surface area contributed by atoms with E-state index in [-0.39, 0.29) is 6.03 Å². The molecule has 1 aromatic rings. The fourth-order valence-corrected chi connectivity index (χ4v) is 1.44. The third-order valence-electron chi connectivity index (χ3n) is 2.03. The maximum Gasteiger partial charge on any atom is 0.344 e. The van der Waals surface area contributed by atoms with E-state index in [2.05, 4.69) is 5.10 Å². The number of morpholine rings is 1. The number of ether oxygens (including phenoxy) is 1. The monoisotopic (exact) mass is 215 g/mol. The summed E-state index contributed by atoms with van der Waals surface area (Å²) in [6, 6.07) is -0.153. The number of rotatable bonds is 0. The number of carbonyl (C=O) groups excluding carboxylic acids is 1. The van der Waals surface area contributed by atoms with Gasteiger partial charge in [-0.05, 0) is 0 Å². The summed E-state index contributed by atoms with van der Waals surface area (Å²) < 4.78 is 6.39. The Bertz CT molecular complexity index is 333. The van der Waals surface area contributed by atoms with Crippen molar-refractivity contribution in [2.75, 3.05) is 26.3 Å². The van der Waals surface area contributed by atoms with Gasteiger partial charge in [-0.2, -0.15) is 9.78 Å². The molecule has 0 aromatic carbocycles. The summed E-state index contributed by atoms with van der Waals surface area (Å²) in [5.41, 5.74) is 0. The number of hydrogen-bond donors (Lipinski definition) is 0. The normalized spacial score (nSPS) is 17.1. The standard InChI is InChI=1S/C8H10ClN3O2/c9-7-5-10-12(6-7)8(13)11-1-3-14-4-2-11/h5-6H,1-4H2. The molecule has 1 aliphatic rings. The Hall–Kier alpha value is -1.07. The molecule has 2 rings (SSSR count). The maximum atomic E-state index is 11.7. The summed E-state index contributed by atoms with van der Waals surface area (Å²) in [5, 5.41) is 4.31. The molecular formula is C8H10ClN3O2. The highest BCUT2D eigenvalue weighted by atomic mass is 35.5. The minimum absolute atomic E-state index is 0.153. The molecule has 5 nitrogen and oxygen atoms in total. The lowest BCUT2D eigenvalue weighted by Crippen LogP contribution is -2.43. The SMILES string of the molecule is O=C(N1CCOCC1)n1cc(Cl)cn1. The first-order valence-electron chi connectivity index (χ1n) is 4.34. The summed E-state index contributed by atoms with van der Waals surface area (Å²) in [4.78, 5) is 13.4. The Morgan fingerprint density at radius 1 is 1.50 bits per heavy atom. The molecule has 1 aliphatic heterocycles. The fourth-order valence-electron chi connectivity index (χ4n) is 1.30. The summed E-state index contributed by atoms with van der Waals surface area (Å²) in [7, 11) is 0. The van der Waals surface area contributed by atoms with Gasteiger partial charge in [-0.1, -0.05) is 11.6 Å². The molecule has 1 fully saturated rings. The largest absolute Gasteiger partial charge is 0.378 e. The third kappa shape index (κ3) is 1.88. The molecule has 0 atom stereocenters. The fraction of sp³-hybridized carbons (Fsp3) is 0.500. The summed E-state index contributed by atoms with van der Waals surface area (Å²) in [5.74, 6) is 0. The molecule has 0 aliphatic carbocycles. The number of carbonyl (C=O) groups is 1. The quantitative estimate of drug-likeness (QED) is 0.644. The molecule has 0 spiro atoms. The van der Waals surface area contributed by atoms with Crippen molar-refractivity contribution in [2.24, 2.45) is 0 Å². The van der Waals surface area contributed by atoms with Crippen molar-refractivity contribution in [3.8, 4) is 0 Å². The molecule has 0 saturated carbocycles. The van der Waals surface area contributed by atoms with Gasteiger partial charge in [0.2, 0.25) is 0 Å². The van der Waals surface area contributed by atoms with Crippen molar-refractivity contribution in [3.63, 3.8) is 0 Å². The highest BCUT2D eigenvalue weighted by Crippen LogP contribution is 2.07. The van der Waals surface area contributed by atoms with Gasteiger partial charge in [0, 0.05) is 13.1 Å². The third-order valence-corrected chi connectivity index (χ3v) is 2.22. The van der Waals surface area contributed by atoms with Crippen LogP contribution >= 0.6 is 11.6 Å². The van der Waals surface area contributed by atoms with Crippen LogP contribution in [0.15, 0.2) is 12.4 Å². The molecule has 0 unspecified atom stereocenters. The van der Waals surface area contributed by atoms with Gasteiger partial charge >= 0.3 is 6.03 Å². The predicted octanol–water partition coefficient (Wildman–Crippen LogP) is 0.837. The predicted molar refractivity (Wildman–Crippen MR) is 50.4 cm³/mol. The van der Waals surface area contributed by atoms with Crippen LogP contribution in [0, 0.1) is 0 Å². The van der Waals surface area contributed by atoms with Crippen molar-refractivity contribution in [1.82, 2.24) is 14.7 Å². The molecule has 1 amide bonds. The van der Waals surface area contributed by atoms with Gasteiger partial charge in [-0.25, -0.2) is 4.79 Å². The van der Waals surface area contributed by atoms with Gasteiger partial charge in [0.15, 0.2) is 0 Å². The van der Waals surface area contributed by atoms with Crippen molar-refractivity contribution < 1.29 is 9.53 Å². The van der Waals surface area contributed by atoms with E-state index in [1.807, 2.05) is 0 Å². The van der Waals surface area contributed by atoms with E-state index in [1.54, 1.807) is 4.90 Å². The summed E-state index contributed by atoms with van der Waals surface area (Å²) in [6.45, 7) is 2.38. The van der Waals surface area contributed by atoms with Crippen molar-refractivity contribution in [3.05, 3.63) is 17.4 Å². The van der Waals surface area contributed by atoms with Gasteiger partial charge in [0.1, 0.15) is 0 Å². The zero-order chi connectivity index (χ0) is 9.97. The van der Waals surface area contributed by atoms with Gasteiger partial charge in [0.05, 0.1) is 30.6 Å². The zero-order valence-corrected chi connectivity index (χ0v) is 8.28. The average Bonchev–Trinajstić information content (AvgIpc) is 2.65. The van der Waals surface area contributed by atoms with Gasteiger partial charge in [-0.3, -0.25) is 0 Å². The van der Waals surface area contributed by atoms with Gasteiger partial charge in [0.25, 0.3) is 0 Å². The number of nitrogens with zero attached hydrogens (tertiary/aromatic N) is 3. The van der Waals surface area contributed by atoms with E-state index in [0.29, 0.717) is 31.3 Å². The lowest BCUT2D eigenvalue weighted by molar-refractivity contribution is 0.0528. The van der Waals surface area contributed by atoms with Crippen molar-refractivity contribution in [2.45, 2.75) is 0 Å². The number of hydrogen-bond acceptors (Lipinski definition) is 3. The zero-order valence-electron chi connectivity index (χ0n) is 7.52. The van der Waals surface area contributed by atoms with Crippen LogP contribution in [0.25, 0.3) is 0 Å².